The Labute approximate surface area is 124 Å². The second-order valence-corrected chi connectivity index (χ2v) is 3.99. The van der Waals surface area contributed by atoms with Gasteiger partial charge in [-0.3, -0.25) is 4.79 Å². The molecule has 0 atom stereocenters. The molecule has 1 aromatic heterocycles. The molecule has 0 aliphatic rings. The van der Waals surface area contributed by atoms with Gasteiger partial charge in [0.1, 0.15) is 0 Å². The van der Waals surface area contributed by atoms with Crippen molar-refractivity contribution >= 4 is 18.3 Å². The Morgan fingerprint density at radius 2 is 2.00 bits per heavy atom. The van der Waals surface area contributed by atoms with E-state index in [9.17, 15) is 4.79 Å². The van der Waals surface area contributed by atoms with Gasteiger partial charge in [-0.2, -0.15) is 0 Å². The Kier molecular flexibility index (Phi) is 6.69. The first kappa shape index (κ1) is 16.1. The molecule has 0 aliphatic heterocycles. The minimum atomic E-state index is -0.208. The number of para-hydroxylation sites is 1. The molecule has 20 heavy (non-hydrogen) atoms. The number of likely N-dealkylation sites (N-methyl/N-ethyl adjacent to an activating group) is 1. The monoisotopic (exact) mass is 295 g/mol. The summed E-state index contributed by atoms with van der Waals surface area (Å²) in [6.45, 7) is 4.23. The lowest BCUT2D eigenvalue weighted by Crippen LogP contribution is -2.31. The highest BCUT2D eigenvalue weighted by Crippen LogP contribution is 2.05. The number of halogens is 1. The molecule has 6 nitrogen and oxygen atoms in total. The molecular weight excluding hydrogens is 278 g/mol. The maximum Gasteiger partial charge on any atom is 0.273 e. The summed E-state index contributed by atoms with van der Waals surface area (Å²) >= 11 is 0. The van der Waals surface area contributed by atoms with Crippen molar-refractivity contribution in [2.75, 3.05) is 19.6 Å². The Morgan fingerprint density at radius 3 is 2.70 bits per heavy atom. The molecule has 2 aromatic rings. The van der Waals surface area contributed by atoms with E-state index >= 15 is 0 Å². The average Bonchev–Trinajstić information content (AvgIpc) is 2.94. The van der Waals surface area contributed by atoms with Gasteiger partial charge in [-0.15, -0.1) is 17.5 Å². The number of hydrogen-bond donors (Lipinski definition) is 2. The summed E-state index contributed by atoms with van der Waals surface area (Å²) in [6, 6.07) is 9.55. The van der Waals surface area contributed by atoms with Crippen LogP contribution < -0.4 is 10.6 Å². The van der Waals surface area contributed by atoms with E-state index < -0.39 is 0 Å². The van der Waals surface area contributed by atoms with Crippen LogP contribution in [0.25, 0.3) is 5.69 Å². The first-order chi connectivity index (χ1) is 9.31. The van der Waals surface area contributed by atoms with Gasteiger partial charge in [-0.05, 0) is 18.7 Å². The van der Waals surface area contributed by atoms with Crippen LogP contribution in [0.1, 0.15) is 17.4 Å². The smallest absolute Gasteiger partial charge is 0.273 e. The zero-order valence-electron chi connectivity index (χ0n) is 11.2. The molecule has 108 valence electrons. The third-order valence-corrected chi connectivity index (χ3v) is 2.58. The summed E-state index contributed by atoms with van der Waals surface area (Å²) in [5.41, 5.74) is 1.20. The predicted octanol–water partition coefficient (Wildman–Crippen LogP) is 1.03. The fourth-order valence-corrected chi connectivity index (χ4v) is 1.61. The predicted molar refractivity (Wildman–Crippen MR) is 79.5 cm³/mol. The highest BCUT2D eigenvalue weighted by Gasteiger charge is 2.10. The van der Waals surface area contributed by atoms with E-state index in [1.165, 1.54) is 0 Å². The van der Waals surface area contributed by atoms with Crippen molar-refractivity contribution in [2.24, 2.45) is 0 Å². The number of carbonyl (C=O) groups is 1. The van der Waals surface area contributed by atoms with Gasteiger partial charge in [-0.25, -0.2) is 4.68 Å². The number of benzene rings is 1. The Bertz CT molecular complexity index is 529. The Hall–Kier alpha value is -1.92. The van der Waals surface area contributed by atoms with Crippen molar-refractivity contribution in [1.82, 2.24) is 25.6 Å². The summed E-state index contributed by atoms with van der Waals surface area (Å²) in [5.74, 6) is -0.208. The van der Waals surface area contributed by atoms with Gasteiger partial charge in [-0.1, -0.05) is 30.3 Å². The van der Waals surface area contributed by atoms with E-state index in [-0.39, 0.29) is 18.3 Å². The standard InChI is InChI=1S/C13H17N5O.ClH/c1-2-14-8-9-15-13(19)12-10-18(17-16-12)11-6-4-3-5-7-11;/h3-7,10,14H,2,8-9H2,1H3,(H,15,19);1H. The summed E-state index contributed by atoms with van der Waals surface area (Å²) in [7, 11) is 0. The van der Waals surface area contributed by atoms with Gasteiger partial charge in [0.25, 0.3) is 5.91 Å². The molecule has 7 heteroatoms. The average molecular weight is 296 g/mol. The van der Waals surface area contributed by atoms with E-state index in [1.54, 1.807) is 10.9 Å². The van der Waals surface area contributed by atoms with E-state index in [0.717, 1.165) is 18.8 Å². The van der Waals surface area contributed by atoms with Crippen molar-refractivity contribution < 1.29 is 4.79 Å². The van der Waals surface area contributed by atoms with E-state index in [0.29, 0.717) is 12.2 Å². The zero-order valence-corrected chi connectivity index (χ0v) is 12.1. The molecule has 0 unspecified atom stereocenters. The second-order valence-electron chi connectivity index (χ2n) is 3.99. The molecule has 0 radical (unpaired) electrons. The topological polar surface area (TPSA) is 71.8 Å². The van der Waals surface area contributed by atoms with Crippen LogP contribution in [0.2, 0.25) is 0 Å². The maximum absolute atomic E-state index is 11.8. The van der Waals surface area contributed by atoms with Crippen molar-refractivity contribution in [3.63, 3.8) is 0 Å². The van der Waals surface area contributed by atoms with Crippen LogP contribution in [0.3, 0.4) is 0 Å². The summed E-state index contributed by atoms with van der Waals surface area (Å²) < 4.78 is 1.58. The van der Waals surface area contributed by atoms with Crippen LogP contribution in [0, 0.1) is 0 Å². The SMILES string of the molecule is CCNCCNC(=O)c1cn(-c2ccccc2)nn1.Cl. The molecule has 0 saturated carbocycles. The lowest BCUT2D eigenvalue weighted by atomic mass is 10.3. The highest BCUT2D eigenvalue weighted by molar-refractivity contribution is 5.91. The van der Waals surface area contributed by atoms with Gasteiger partial charge in [0, 0.05) is 13.1 Å². The largest absolute Gasteiger partial charge is 0.349 e. The summed E-state index contributed by atoms with van der Waals surface area (Å²) in [5, 5.41) is 13.7. The maximum atomic E-state index is 11.8. The molecule has 2 rings (SSSR count). The van der Waals surface area contributed by atoms with Crippen LogP contribution >= 0.6 is 12.4 Å². The number of carbonyl (C=O) groups excluding carboxylic acids is 1. The highest BCUT2D eigenvalue weighted by atomic mass is 35.5. The van der Waals surface area contributed by atoms with Gasteiger partial charge >= 0.3 is 0 Å². The molecule has 0 saturated heterocycles. The van der Waals surface area contributed by atoms with Crippen molar-refractivity contribution in [3.8, 4) is 5.69 Å². The third kappa shape index (κ3) is 4.32. The first-order valence-electron chi connectivity index (χ1n) is 6.28. The number of nitrogens with one attached hydrogen (secondary N) is 2. The minimum Gasteiger partial charge on any atom is -0.349 e. The lowest BCUT2D eigenvalue weighted by Gasteiger charge is -2.02. The van der Waals surface area contributed by atoms with Crippen LogP contribution in [-0.4, -0.2) is 40.5 Å². The quantitative estimate of drug-likeness (QED) is 0.781. The number of nitrogens with zero attached hydrogens (tertiary/aromatic N) is 3. The molecule has 0 bridgehead atoms. The van der Waals surface area contributed by atoms with E-state index in [2.05, 4.69) is 20.9 Å². The fourth-order valence-electron chi connectivity index (χ4n) is 1.61. The molecule has 0 aliphatic carbocycles. The van der Waals surface area contributed by atoms with Gasteiger partial charge in [0.2, 0.25) is 0 Å². The molecule has 1 heterocycles. The van der Waals surface area contributed by atoms with Crippen molar-refractivity contribution in [3.05, 3.63) is 42.2 Å². The lowest BCUT2D eigenvalue weighted by molar-refractivity contribution is 0.0949. The molecule has 2 N–H and O–H groups in total. The van der Waals surface area contributed by atoms with Crippen molar-refractivity contribution in [2.45, 2.75) is 6.92 Å². The Morgan fingerprint density at radius 1 is 1.25 bits per heavy atom. The second kappa shape index (κ2) is 8.29. The normalized spacial score (nSPS) is 9.85. The van der Waals surface area contributed by atoms with Crippen molar-refractivity contribution in [1.29, 1.82) is 0 Å². The first-order valence-corrected chi connectivity index (χ1v) is 6.28. The van der Waals surface area contributed by atoms with Crippen LogP contribution in [0.15, 0.2) is 36.5 Å². The fraction of sp³-hybridized carbons (Fsp3) is 0.308. The summed E-state index contributed by atoms with van der Waals surface area (Å²) in [4.78, 5) is 11.8. The minimum absolute atomic E-state index is 0. The van der Waals surface area contributed by atoms with E-state index in [4.69, 9.17) is 0 Å². The van der Waals surface area contributed by atoms with Crippen LogP contribution in [0.5, 0.6) is 0 Å². The van der Waals surface area contributed by atoms with Gasteiger partial charge in [0.05, 0.1) is 11.9 Å². The third-order valence-electron chi connectivity index (χ3n) is 2.58. The number of hydrogen-bond acceptors (Lipinski definition) is 4. The molecular formula is C13H18ClN5O. The number of amides is 1. The molecule has 0 spiro atoms. The van der Waals surface area contributed by atoms with E-state index in [1.807, 2.05) is 37.3 Å². The van der Waals surface area contributed by atoms with Crippen LogP contribution in [0.4, 0.5) is 0 Å². The molecule has 1 aromatic carbocycles. The van der Waals surface area contributed by atoms with Gasteiger partial charge < -0.3 is 10.6 Å². The van der Waals surface area contributed by atoms with Crippen LogP contribution in [-0.2, 0) is 0 Å². The summed E-state index contributed by atoms with van der Waals surface area (Å²) in [6.07, 6.45) is 1.62. The van der Waals surface area contributed by atoms with Gasteiger partial charge in [0.15, 0.2) is 5.69 Å². The molecule has 1 amide bonds. The Balaban J connectivity index is 0.00000200. The number of rotatable bonds is 6. The molecule has 0 fully saturated rings. The zero-order chi connectivity index (χ0) is 13.5. The number of aromatic nitrogens is 3.